The third-order valence-corrected chi connectivity index (χ3v) is 2.52. The van der Waals surface area contributed by atoms with E-state index < -0.39 is 0 Å². The molecule has 16 heavy (non-hydrogen) atoms. The lowest BCUT2D eigenvalue weighted by Crippen LogP contribution is -1.83. The number of fused-ring (bicyclic) bond motifs is 1. The number of anilines is 1. The summed E-state index contributed by atoms with van der Waals surface area (Å²) in [5.74, 6) is 0. The number of nitrogens with zero attached hydrogens (tertiary/aromatic N) is 2. The molecule has 3 aromatic rings. The zero-order chi connectivity index (χ0) is 11.0. The lowest BCUT2D eigenvalue weighted by molar-refractivity contribution is 1.20. The van der Waals surface area contributed by atoms with Gasteiger partial charge in [-0.05, 0) is 23.8 Å². The Balaban J connectivity index is 2.15. The maximum Gasteiger partial charge on any atom is 0.141 e. The van der Waals surface area contributed by atoms with E-state index in [4.69, 9.17) is 5.73 Å². The number of H-pyrrole nitrogens is 1. The molecule has 0 radical (unpaired) electrons. The van der Waals surface area contributed by atoms with Crippen LogP contribution in [0.3, 0.4) is 0 Å². The summed E-state index contributed by atoms with van der Waals surface area (Å²) < 4.78 is 0. The molecule has 0 aliphatic rings. The van der Waals surface area contributed by atoms with E-state index >= 15 is 0 Å². The highest BCUT2D eigenvalue weighted by atomic mass is 14.9. The Bertz CT molecular complexity index is 592. The van der Waals surface area contributed by atoms with Crippen molar-refractivity contribution in [3.8, 4) is 11.3 Å². The lowest BCUT2D eigenvalue weighted by atomic mass is 10.1. The van der Waals surface area contributed by atoms with Crippen LogP contribution in [0.1, 0.15) is 0 Å². The van der Waals surface area contributed by atoms with Gasteiger partial charge in [-0.25, -0.2) is 9.97 Å². The van der Waals surface area contributed by atoms with E-state index in [0.29, 0.717) is 0 Å². The van der Waals surface area contributed by atoms with Crippen molar-refractivity contribution in [1.29, 1.82) is 0 Å². The molecule has 2 aromatic heterocycles. The van der Waals surface area contributed by atoms with Crippen LogP contribution in [0.15, 0.2) is 42.9 Å². The smallest absolute Gasteiger partial charge is 0.141 e. The molecular weight excluding hydrogens is 200 g/mol. The Morgan fingerprint density at radius 1 is 1.12 bits per heavy atom. The average Bonchev–Trinajstić information content (AvgIpc) is 2.73. The third kappa shape index (κ3) is 1.40. The predicted molar refractivity (Wildman–Crippen MR) is 63.7 cm³/mol. The minimum atomic E-state index is 0.764. The normalized spacial score (nSPS) is 10.8. The van der Waals surface area contributed by atoms with Gasteiger partial charge < -0.3 is 10.7 Å². The molecule has 3 rings (SSSR count). The second-order valence-corrected chi connectivity index (χ2v) is 3.63. The summed E-state index contributed by atoms with van der Waals surface area (Å²) >= 11 is 0. The predicted octanol–water partition coefficient (Wildman–Crippen LogP) is 2.21. The molecule has 2 heterocycles. The quantitative estimate of drug-likeness (QED) is 0.605. The van der Waals surface area contributed by atoms with Gasteiger partial charge >= 0.3 is 0 Å². The van der Waals surface area contributed by atoms with Gasteiger partial charge in [0, 0.05) is 23.0 Å². The van der Waals surface area contributed by atoms with Gasteiger partial charge in [-0.2, -0.15) is 0 Å². The SMILES string of the molecule is Nc1ccc(-c2cc3cncnc3[nH]2)cc1. The molecule has 4 heteroatoms. The van der Waals surface area contributed by atoms with Gasteiger partial charge in [0.05, 0.1) is 0 Å². The first-order chi connectivity index (χ1) is 7.83. The summed E-state index contributed by atoms with van der Waals surface area (Å²) in [5, 5.41) is 1.01. The van der Waals surface area contributed by atoms with E-state index in [2.05, 4.69) is 15.0 Å². The molecule has 0 saturated carbocycles. The van der Waals surface area contributed by atoms with Crippen molar-refractivity contribution in [2.75, 3.05) is 5.73 Å². The van der Waals surface area contributed by atoms with E-state index in [1.54, 1.807) is 6.20 Å². The largest absolute Gasteiger partial charge is 0.399 e. The highest BCUT2D eigenvalue weighted by molar-refractivity contribution is 5.82. The van der Waals surface area contributed by atoms with E-state index in [1.807, 2.05) is 30.3 Å². The molecule has 0 aliphatic carbocycles. The van der Waals surface area contributed by atoms with Crippen molar-refractivity contribution in [2.45, 2.75) is 0 Å². The molecule has 1 aromatic carbocycles. The van der Waals surface area contributed by atoms with Crippen molar-refractivity contribution in [3.63, 3.8) is 0 Å². The van der Waals surface area contributed by atoms with Crippen LogP contribution in [-0.2, 0) is 0 Å². The number of hydrogen-bond donors (Lipinski definition) is 2. The van der Waals surface area contributed by atoms with E-state index in [0.717, 1.165) is 28.0 Å². The number of aromatic nitrogens is 3. The maximum absolute atomic E-state index is 5.65. The number of benzene rings is 1. The summed E-state index contributed by atoms with van der Waals surface area (Å²) in [4.78, 5) is 11.4. The second kappa shape index (κ2) is 3.34. The monoisotopic (exact) mass is 210 g/mol. The number of nitrogens with one attached hydrogen (secondary N) is 1. The Morgan fingerprint density at radius 2 is 1.94 bits per heavy atom. The average molecular weight is 210 g/mol. The standard InChI is InChI=1S/C12H10N4/c13-10-3-1-8(2-4-10)11-5-9-6-14-7-15-12(9)16-11/h1-7H,13H2,(H,14,15,16). The molecule has 4 nitrogen and oxygen atoms in total. The molecule has 78 valence electrons. The van der Waals surface area contributed by atoms with Crippen LogP contribution in [0.25, 0.3) is 22.3 Å². The highest BCUT2D eigenvalue weighted by Crippen LogP contribution is 2.22. The minimum absolute atomic E-state index is 0.764. The van der Waals surface area contributed by atoms with Crippen LogP contribution in [0, 0.1) is 0 Å². The molecule has 0 fully saturated rings. The molecule has 0 amide bonds. The van der Waals surface area contributed by atoms with Gasteiger partial charge in [-0.1, -0.05) is 12.1 Å². The van der Waals surface area contributed by atoms with Gasteiger partial charge in [0.25, 0.3) is 0 Å². The molecule has 0 unspecified atom stereocenters. The van der Waals surface area contributed by atoms with E-state index in [-0.39, 0.29) is 0 Å². The van der Waals surface area contributed by atoms with Crippen molar-refractivity contribution < 1.29 is 0 Å². The van der Waals surface area contributed by atoms with Gasteiger partial charge in [-0.15, -0.1) is 0 Å². The van der Waals surface area contributed by atoms with Crippen LogP contribution in [-0.4, -0.2) is 15.0 Å². The van der Waals surface area contributed by atoms with Gasteiger partial charge in [0.2, 0.25) is 0 Å². The summed E-state index contributed by atoms with van der Waals surface area (Å²) in [6.07, 6.45) is 3.32. The fourth-order valence-corrected chi connectivity index (χ4v) is 1.69. The lowest BCUT2D eigenvalue weighted by Gasteiger charge is -1.97. The fourth-order valence-electron chi connectivity index (χ4n) is 1.69. The topological polar surface area (TPSA) is 67.6 Å². The van der Waals surface area contributed by atoms with Crippen LogP contribution in [0.5, 0.6) is 0 Å². The Labute approximate surface area is 92.2 Å². The molecule has 0 spiro atoms. The zero-order valence-electron chi connectivity index (χ0n) is 8.51. The number of aromatic amines is 1. The molecule has 0 aliphatic heterocycles. The summed E-state index contributed by atoms with van der Waals surface area (Å²) in [6, 6.07) is 9.75. The molecule has 0 atom stereocenters. The van der Waals surface area contributed by atoms with E-state index in [9.17, 15) is 0 Å². The number of nitrogen functional groups attached to an aromatic ring is 1. The van der Waals surface area contributed by atoms with Gasteiger partial charge in [0.1, 0.15) is 12.0 Å². The van der Waals surface area contributed by atoms with Crippen LogP contribution >= 0.6 is 0 Å². The fraction of sp³-hybridized carbons (Fsp3) is 0. The Kier molecular flexibility index (Phi) is 1.86. The van der Waals surface area contributed by atoms with Crippen LogP contribution in [0.4, 0.5) is 5.69 Å². The number of hydrogen-bond acceptors (Lipinski definition) is 3. The zero-order valence-corrected chi connectivity index (χ0v) is 8.51. The van der Waals surface area contributed by atoms with Crippen LogP contribution < -0.4 is 5.73 Å². The molecule has 0 bridgehead atoms. The number of rotatable bonds is 1. The highest BCUT2D eigenvalue weighted by Gasteiger charge is 2.03. The molecule has 0 saturated heterocycles. The first-order valence-corrected chi connectivity index (χ1v) is 4.97. The van der Waals surface area contributed by atoms with Crippen molar-refractivity contribution >= 4 is 16.7 Å². The second-order valence-electron chi connectivity index (χ2n) is 3.63. The first-order valence-electron chi connectivity index (χ1n) is 4.97. The van der Waals surface area contributed by atoms with Crippen molar-refractivity contribution in [2.24, 2.45) is 0 Å². The first kappa shape index (κ1) is 8.91. The van der Waals surface area contributed by atoms with Crippen molar-refractivity contribution in [3.05, 3.63) is 42.9 Å². The van der Waals surface area contributed by atoms with Crippen molar-refractivity contribution in [1.82, 2.24) is 15.0 Å². The minimum Gasteiger partial charge on any atom is -0.399 e. The van der Waals surface area contributed by atoms with Gasteiger partial charge in [0.15, 0.2) is 0 Å². The summed E-state index contributed by atoms with van der Waals surface area (Å²) in [5.41, 5.74) is 9.37. The Hall–Kier alpha value is -2.36. The van der Waals surface area contributed by atoms with Crippen LogP contribution in [0.2, 0.25) is 0 Å². The van der Waals surface area contributed by atoms with Gasteiger partial charge in [-0.3, -0.25) is 0 Å². The molecule has 3 N–H and O–H groups in total. The summed E-state index contributed by atoms with van der Waals surface area (Å²) in [6.45, 7) is 0. The third-order valence-electron chi connectivity index (χ3n) is 2.52. The summed E-state index contributed by atoms with van der Waals surface area (Å²) in [7, 11) is 0. The van der Waals surface area contributed by atoms with E-state index in [1.165, 1.54) is 6.33 Å². The Morgan fingerprint density at radius 3 is 2.69 bits per heavy atom. The maximum atomic E-state index is 5.65. The number of nitrogens with two attached hydrogens (primary N) is 1. The molecular formula is C12H10N4.